The molecule has 1 N–H and O–H groups in total. The van der Waals surface area contributed by atoms with Crippen molar-refractivity contribution in [1.29, 1.82) is 0 Å². The zero-order valence-electron chi connectivity index (χ0n) is 12.1. The van der Waals surface area contributed by atoms with Crippen molar-refractivity contribution in [2.75, 3.05) is 11.9 Å². The lowest BCUT2D eigenvalue weighted by Crippen LogP contribution is -2.25. The van der Waals surface area contributed by atoms with Crippen LogP contribution in [0.3, 0.4) is 0 Å². The van der Waals surface area contributed by atoms with Gasteiger partial charge in [-0.15, -0.1) is 0 Å². The fourth-order valence-electron chi connectivity index (χ4n) is 1.99. The number of nitrogens with one attached hydrogen (secondary N) is 1. The molecule has 20 heavy (non-hydrogen) atoms. The number of hydrogen-bond acceptors (Lipinski definition) is 4. The number of hydrogen-bond donors (Lipinski definition) is 1. The number of rotatable bonds is 6. The highest BCUT2D eigenvalue weighted by atomic mass is 32.1. The number of pyridine rings is 1. The Labute approximate surface area is 123 Å². The first kappa shape index (κ1) is 14.9. The summed E-state index contributed by atoms with van der Waals surface area (Å²) in [6.07, 6.45) is 1.28. The Kier molecular flexibility index (Phi) is 5.09. The SMILES string of the molecule is CC(C)NCc1cc(F)cnc1N(C)Cc1ccsc1. The Morgan fingerprint density at radius 1 is 1.45 bits per heavy atom. The molecule has 3 nitrogen and oxygen atoms in total. The van der Waals surface area contributed by atoms with Crippen LogP contribution in [-0.4, -0.2) is 18.1 Å². The zero-order valence-corrected chi connectivity index (χ0v) is 12.9. The lowest BCUT2D eigenvalue weighted by molar-refractivity contribution is 0.577. The number of halogens is 1. The molecule has 0 aromatic carbocycles. The lowest BCUT2D eigenvalue weighted by Gasteiger charge is -2.21. The molecule has 0 radical (unpaired) electrons. The summed E-state index contributed by atoms with van der Waals surface area (Å²) in [5.74, 6) is 0.531. The second kappa shape index (κ2) is 6.81. The van der Waals surface area contributed by atoms with Crippen LogP contribution in [0.4, 0.5) is 10.2 Å². The molecule has 0 aliphatic heterocycles. The minimum Gasteiger partial charge on any atom is -0.355 e. The van der Waals surface area contributed by atoms with Gasteiger partial charge in [-0.25, -0.2) is 9.37 Å². The molecule has 0 aliphatic rings. The van der Waals surface area contributed by atoms with Crippen LogP contribution in [0.15, 0.2) is 29.1 Å². The summed E-state index contributed by atoms with van der Waals surface area (Å²) < 4.78 is 13.4. The molecule has 2 aromatic heterocycles. The van der Waals surface area contributed by atoms with E-state index in [0.717, 1.165) is 17.9 Å². The maximum absolute atomic E-state index is 13.4. The van der Waals surface area contributed by atoms with E-state index >= 15 is 0 Å². The summed E-state index contributed by atoms with van der Waals surface area (Å²) in [7, 11) is 1.98. The van der Waals surface area contributed by atoms with Crippen LogP contribution in [-0.2, 0) is 13.1 Å². The molecule has 0 saturated heterocycles. The van der Waals surface area contributed by atoms with E-state index in [4.69, 9.17) is 0 Å². The Hall–Kier alpha value is -1.46. The van der Waals surface area contributed by atoms with Gasteiger partial charge in [-0.1, -0.05) is 13.8 Å². The van der Waals surface area contributed by atoms with Crippen LogP contribution in [0, 0.1) is 5.82 Å². The largest absolute Gasteiger partial charge is 0.355 e. The van der Waals surface area contributed by atoms with Crippen LogP contribution in [0.25, 0.3) is 0 Å². The van der Waals surface area contributed by atoms with Gasteiger partial charge in [0.2, 0.25) is 0 Å². The quantitative estimate of drug-likeness (QED) is 0.884. The van der Waals surface area contributed by atoms with E-state index in [2.05, 4.69) is 45.9 Å². The van der Waals surface area contributed by atoms with Gasteiger partial charge in [0.1, 0.15) is 11.6 Å². The van der Waals surface area contributed by atoms with E-state index in [-0.39, 0.29) is 5.82 Å². The molecule has 2 aromatic rings. The average Bonchev–Trinajstić information content (AvgIpc) is 2.89. The van der Waals surface area contributed by atoms with Crippen molar-refractivity contribution in [3.05, 3.63) is 46.0 Å². The molecule has 0 atom stereocenters. The van der Waals surface area contributed by atoms with Crippen LogP contribution in [0.2, 0.25) is 0 Å². The first-order valence-electron chi connectivity index (χ1n) is 6.66. The topological polar surface area (TPSA) is 28.2 Å². The molecular formula is C15H20FN3S. The molecule has 0 unspecified atom stereocenters. The molecule has 2 heterocycles. The first-order chi connectivity index (χ1) is 9.56. The van der Waals surface area contributed by atoms with Crippen molar-refractivity contribution >= 4 is 17.2 Å². The minimum atomic E-state index is -0.293. The molecule has 0 aliphatic carbocycles. The second-order valence-corrected chi connectivity index (χ2v) is 5.94. The van der Waals surface area contributed by atoms with Crippen molar-refractivity contribution in [1.82, 2.24) is 10.3 Å². The summed E-state index contributed by atoms with van der Waals surface area (Å²) in [5, 5.41) is 7.49. The molecule has 0 spiro atoms. The third kappa shape index (κ3) is 4.02. The maximum atomic E-state index is 13.4. The van der Waals surface area contributed by atoms with Gasteiger partial charge in [-0.2, -0.15) is 11.3 Å². The molecule has 0 bridgehead atoms. The lowest BCUT2D eigenvalue weighted by atomic mass is 10.2. The van der Waals surface area contributed by atoms with Gasteiger partial charge in [-0.3, -0.25) is 0 Å². The predicted octanol–water partition coefficient (Wildman–Crippen LogP) is 3.42. The Bertz CT molecular complexity index is 540. The Morgan fingerprint density at radius 2 is 2.25 bits per heavy atom. The van der Waals surface area contributed by atoms with Crippen LogP contribution in [0.1, 0.15) is 25.0 Å². The predicted molar refractivity (Wildman–Crippen MR) is 82.6 cm³/mol. The van der Waals surface area contributed by atoms with Crippen molar-refractivity contribution in [2.24, 2.45) is 0 Å². The fourth-order valence-corrected chi connectivity index (χ4v) is 2.65. The van der Waals surface area contributed by atoms with Crippen LogP contribution < -0.4 is 10.2 Å². The van der Waals surface area contributed by atoms with Gasteiger partial charge in [-0.05, 0) is 28.5 Å². The van der Waals surface area contributed by atoms with Crippen molar-refractivity contribution < 1.29 is 4.39 Å². The summed E-state index contributed by atoms with van der Waals surface area (Å²) >= 11 is 1.68. The van der Waals surface area contributed by atoms with Crippen molar-refractivity contribution in [2.45, 2.75) is 33.0 Å². The van der Waals surface area contributed by atoms with Crippen molar-refractivity contribution in [3.63, 3.8) is 0 Å². The second-order valence-electron chi connectivity index (χ2n) is 5.16. The third-order valence-electron chi connectivity index (χ3n) is 2.97. The zero-order chi connectivity index (χ0) is 14.5. The molecule has 108 valence electrons. The molecule has 2 rings (SSSR count). The highest BCUT2D eigenvalue weighted by Crippen LogP contribution is 2.20. The van der Waals surface area contributed by atoms with Gasteiger partial charge in [0.25, 0.3) is 0 Å². The average molecular weight is 293 g/mol. The molecule has 5 heteroatoms. The minimum absolute atomic E-state index is 0.293. The maximum Gasteiger partial charge on any atom is 0.141 e. The van der Waals surface area contributed by atoms with E-state index < -0.39 is 0 Å². The molecule has 0 saturated carbocycles. The van der Waals surface area contributed by atoms with Crippen molar-refractivity contribution in [3.8, 4) is 0 Å². The van der Waals surface area contributed by atoms with E-state index in [1.807, 2.05) is 7.05 Å². The van der Waals surface area contributed by atoms with E-state index in [1.165, 1.54) is 11.8 Å². The highest BCUT2D eigenvalue weighted by molar-refractivity contribution is 7.07. The monoisotopic (exact) mass is 293 g/mol. The summed E-state index contributed by atoms with van der Waals surface area (Å²) in [6, 6.07) is 4.01. The summed E-state index contributed by atoms with van der Waals surface area (Å²) in [4.78, 5) is 6.31. The number of aromatic nitrogens is 1. The van der Waals surface area contributed by atoms with E-state index in [1.54, 1.807) is 17.4 Å². The standard InChI is InChI=1S/C15H20FN3S/c1-11(2)17-7-13-6-14(16)8-18-15(13)19(3)9-12-4-5-20-10-12/h4-6,8,10-11,17H,7,9H2,1-3H3. The number of anilines is 1. The first-order valence-corrected chi connectivity index (χ1v) is 7.60. The van der Waals surface area contributed by atoms with Gasteiger partial charge in [0.05, 0.1) is 6.20 Å². The van der Waals surface area contributed by atoms with Gasteiger partial charge < -0.3 is 10.2 Å². The van der Waals surface area contributed by atoms with E-state index in [9.17, 15) is 4.39 Å². The molecule has 0 amide bonds. The van der Waals surface area contributed by atoms with E-state index in [0.29, 0.717) is 12.6 Å². The van der Waals surface area contributed by atoms with Gasteiger partial charge >= 0.3 is 0 Å². The van der Waals surface area contributed by atoms with Gasteiger partial charge in [0, 0.05) is 31.7 Å². The molecular weight excluding hydrogens is 273 g/mol. The summed E-state index contributed by atoms with van der Waals surface area (Å²) in [5.41, 5.74) is 2.13. The van der Waals surface area contributed by atoms with Crippen LogP contribution in [0.5, 0.6) is 0 Å². The smallest absolute Gasteiger partial charge is 0.141 e. The number of nitrogens with zero attached hydrogens (tertiary/aromatic N) is 2. The molecule has 0 fully saturated rings. The Morgan fingerprint density at radius 3 is 2.90 bits per heavy atom. The summed E-state index contributed by atoms with van der Waals surface area (Å²) in [6.45, 7) is 5.53. The number of thiophene rings is 1. The fraction of sp³-hybridized carbons (Fsp3) is 0.400. The normalized spacial score (nSPS) is 11.1. The third-order valence-corrected chi connectivity index (χ3v) is 3.70. The highest BCUT2D eigenvalue weighted by Gasteiger charge is 2.11. The Balaban J connectivity index is 2.16. The van der Waals surface area contributed by atoms with Gasteiger partial charge in [0.15, 0.2) is 0 Å². The van der Waals surface area contributed by atoms with Crippen LogP contribution >= 0.6 is 11.3 Å².